The summed E-state index contributed by atoms with van der Waals surface area (Å²) in [5.74, 6) is 0.524. The van der Waals surface area contributed by atoms with Gasteiger partial charge in [0.2, 0.25) is 0 Å². The maximum atomic E-state index is 8.63. The van der Waals surface area contributed by atoms with Crippen molar-refractivity contribution in [1.29, 1.82) is 0 Å². The van der Waals surface area contributed by atoms with Crippen LogP contribution < -0.4 is 9.47 Å². The molecule has 7 heteroatoms. The van der Waals surface area contributed by atoms with Crippen molar-refractivity contribution in [3.8, 4) is 12.0 Å². The van der Waals surface area contributed by atoms with Crippen LogP contribution in [0.25, 0.3) is 0 Å². The Morgan fingerprint density at radius 1 is 1.14 bits per heavy atom. The third kappa shape index (κ3) is 3.00. The summed E-state index contributed by atoms with van der Waals surface area (Å²) >= 11 is 1.31. The van der Waals surface area contributed by atoms with Crippen LogP contribution in [0.2, 0.25) is 0 Å². The summed E-state index contributed by atoms with van der Waals surface area (Å²) in [6.45, 7) is 0.0704. The zero-order valence-electron chi connectivity index (χ0n) is 7.93. The molecule has 1 N–H and O–H groups in total. The number of rotatable bonds is 5. The fraction of sp³-hybridized carbons (Fsp3) is 0.571. The summed E-state index contributed by atoms with van der Waals surface area (Å²) < 4.78 is 9.72. The minimum atomic E-state index is 0.0704. The van der Waals surface area contributed by atoms with E-state index in [0.29, 0.717) is 10.9 Å². The van der Waals surface area contributed by atoms with Gasteiger partial charge in [-0.15, -0.1) is 4.98 Å². The molecular weight excluding hydrogens is 206 g/mol. The summed E-state index contributed by atoms with van der Waals surface area (Å²) in [5, 5.41) is 9.10. The first-order valence-corrected chi connectivity index (χ1v) is 4.86. The van der Waals surface area contributed by atoms with Crippen LogP contribution in [-0.2, 0) is 0 Å². The zero-order valence-corrected chi connectivity index (χ0v) is 8.74. The maximum absolute atomic E-state index is 8.63. The number of ether oxygens (including phenoxy) is 2. The van der Waals surface area contributed by atoms with Crippen LogP contribution in [0.3, 0.4) is 0 Å². The second-order valence-electron chi connectivity index (χ2n) is 2.16. The maximum Gasteiger partial charge on any atom is 0.323 e. The van der Waals surface area contributed by atoms with Crippen LogP contribution in [0, 0.1) is 0 Å². The van der Waals surface area contributed by atoms with Crippen LogP contribution in [0.4, 0.5) is 0 Å². The predicted octanol–water partition coefficient (Wildman–Crippen LogP) is -0.0268. The normalized spacial score (nSPS) is 9.93. The number of thioether (sulfide) groups is 1. The van der Waals surface area contributed by atoms with Gasteiger partial charge in [-0.25, -0.2) is 0 Å². The van der Waals surface area contributed by atoms with E-state index < -0.39 is 0 Å². The lowest BCUT2D eigenvalue weighted by molar-refractivity contribution is 0.321. The molecule has 0 aliphatic rings. The summed E-state index contributed by atoms with van der Waals surface area (Å²) in [7, 11) is 2.94. The summed E-state index contributed by atoms with van der Waals surface area (Å²) in [5.41, 5.74) is 0. The van der Waals surface area contributed by atoms with Gasteiger partial charge in [0.05, 0.1) is 20.8 Å². The van der Waals surface area contributed by atoms with Crippen LogP contribution in [0.1, 0.15) is 0 Å². The average Bonchev–Trinajstić information content (AvgIpc) is 2.25. The van der Waals surface area contributed by atoms with Crippen molar-refractivity contribution >= 4 is 11.8 Å². The fourth-order valence-corrected chi connectivity index (χ4v) is 1.26. The second-order valence-corrected chi connectivity index (χ2v) is 3.23. The molecule has 0 aromatic carbocycles. The SMILES string of the molecule is COc1nc(OC)nc(SCCO)n1. The summed E-state index contributed by atoms with van der Waals surface area (Å²) in [6, 6.07) is 0.412. The highest BCUT2D eigenvalue weighted by molar-refractivity contribution is 7.99. The van der Waals surface area contributed by atoms with Gasteiger partial charge in [-0.05, 0) is 0 Å². The largest absolute Gasteiger partial charge is 0.467 e. The minimum Gasteiger partial charge on any atom is -0.467 e. The molecule has 0 amide bonds. The molecule has 78 valence electrons. The molecule has 6 nitrogen and oxygen atoms in total. The highest BCUT2D eigenvalue weighted by Crippen LogP contribution is 2.17. The van der Waals surface area contributed by atoms with Crippen LogP contribution in [-0.4, -0.2) is 46.6 Å². The lowest BCUT2D eigenvalue weighted by Crippen LogP contribution is -2.01. The molecule has 0 atom stereocenters. The molecule has 1 rings (SSSR count). The Bertz CT molecular complexity index is 275. The van der Waals surface area contributed by atoms with E-state index in [2.05, 4.69) is 15.0 Å². The molecule has 0 radical (unpaired) electrons. The van der Waals surface area contributed by atoms with E-state index >= 15 is 0 Å². The first kappa shape index (κ1) is 11.0. The summed E-state index contributed by atoms with van der Waals surface area (Å²) in [6.07, 6.45) is 0. The molecule has 0 aliphatic heterocycles. The van der Waals surface area contributed by atoms with Crippen LogP contribution in [0.5, 0.6) is 12.0 Å². The van der Waals surface area contributed by atoms with E-state index in [-0.39, 0.29) is 18.6 Å². The number of aliphatic hydroxyl groups is 1. The number of hydrogen-bond donors (Lipinski definition) is 1. The number of methoxy groups -OCH3 is 2. The van der Waals surface area contributed by atoms with E-state index in [1.807, 2.05) is 0 Å². The standard InChI is InChI=1S/C7H11N3O3S/c1-12-5-8-6(13-2)10-7(9-5)14-4-3-11/h11H,3-4H2,1-2H3. The number of nitrogens with zero attached hydrogens (tertiary/aromatic N) is 3. The summed E-state index contributed by atoms with van der Waals surface area (Å²) in [4.78, 5) is 11.8. The van der Waals surface area contributed by atoms with Gasteiger partial charge in [0.15, 0.2) is 5.16 Å². The number of aromatic nitrogens is 3. The molecule has 0 bridgehead atoms. The Morgan fingerprint density at radius 2 is 1.71 bits per heavy atom. The third-order valence-corrected chi connectivity index (χ3v) is 2.09. The van der Waals surface area contributed by atoms with E-state index in [4.69, 9.17) is 14.6 Å². The van der Waals surface area contributed by atoms with E-state index in [9.17, 15) is 0 Å². The topological polar surface area (TPSA) is 77.4 Å². The Hall–Kier alpha value is -1.08. The van der Waals surface area contributed by atoms with Gasteiger partial charge < -0.3 is 14.6 Å². The van der Waals surface area contributed by atoms with Gasteiger partial charge >= 0.3 is 12.0 Å². The van der Waals surface area contributed by atoms with Crippen LogP contribution in [0.15, 0.2) is 5.16 Å². The Kier molecular flexibility index (Phi) is 4.41. The molecular formula is C7H11N3O3S. The monoisotopic (exact) mass is 217 g/mol. The third-order valence-electron chi connectivity index (χ3n) is 1.26. The van der Waals surface area contributed by atoms with Gasteiger partial charge in [-0.3, -0.25) is 0 Å². The molecule has 0 spiro atoms. The Labute approximate surface area is 85.7 Å². The number of hydrogen-bond acceptors (Lipinski definition) is 7. The van der Waals surface area contributed by atoms with Gasteiger partial charge in [-0.2, -0.15) is 9.97 Å². The van der Waals surface area contributed by atoms with Crippen molar-refractivity contribution in [3.63, 3.8) is 0 Å². The molecule has 0 saturated carbocycles. The van der Waals surface area contributed by atoms with Gasteiger partial charge in [0.1, 0.15) is 0 Å². The molecule has 0 fully saturated rings. The minimum absolute atomic E-state index is 0.0704. The molecule has 0 aliphatic carbocycles. The van der Waals surface area contributed by atoms with E-state index in [1.165, 1.54) is 26.0 Å². The fourth-order valence-electron chi connectivity index (χ4n) is 0.705. The zero-order chi connectivity index (χ0) is 10.4. The first-order chi connectivity index (χ1) is 6.80. The molecule has 14 heavy (non-hydrogen) atoms. The highest BCUT2D eigenvalue weighted by Gasteiger charge is 2.06. The van der Waals surface area contributed by atoms with Gasteiger partial charge in [-0.1, -0.05) is 11.8 Å². The smallest absolute Gasteiger partial charge is 0.323 e. The van der Waals surface area contributed by atoms with Crippen molar-refractivity contribution in [1.82, 2.24) is 15.0 Å². The van der Waals surface area contributed by atoms with Crippen molar-refractivity contribution in [2.45, 2.75) is 5.16 Å². The molecule has 0 saturated heterocycles. The van der Waals surface area contributed by atoms with Gasteiger partial charge in [0.25, 0.3) is 0 Å². The van der Waals surface area contributed by atoms with Crippen molar-refractivity contribution in [2.75, 3.05) is 26.6 Å². The van der Waals surface area contributed by atoms with Crippen molar-refractivity contribution in [2.24, 2.45) is 0 Å². The Morgan fingerprint density at radius 3 is 2.14 bits per heavy atom. The first-order valence-electron chi connectivity index (χ1n) is 3.88. The lowest BCUT2D eigenvalue weighted by atomic mass is 10.9. The molecule has 1 heterocycles. The van der Waals surface area contributed by atoms with Gasteiger partial charge in [0, 0.05) is 5.75 Å². The lowest BCUT2D eigenvalue weighted by Gasteiger charge is -2.03. The van der Waals surface area contributed by atoms with Crippen LogP contribution >= 0.6 is 11.8 Å². The van der Waals surface area contributed by atoms with Crippen molar-refractivity contribution < 1.29 is 14.6 Å². The van der Waals surface area contributed by atoms with E-state index in [0.717, 1.165) is 0 Å². The number of aliphatic hydroxyl groups excluding tert-OH is 1. The van der Waals surface area contributed by atoms with Crippen molar-refractivity contribution in [3.05, 3.63) is 0 Å². The highest BCUT2D eigenvalue weighted by atomic mass is 32.2. The molecule has 0 unspecified atom stereocenters. The Balaban J connectivity index is 2.81. The molecule has 1 aromatic heterocycles. The second kappa shape index (κ2) is 5.61. The van der Waals surface area contributed by atoms with E-state index in [1.54, 1.807) is 0 Å². The quantitative estimate of drug-likeness (QED) is 0.694. The molecule has 1 aromatic rings. The predicted molar refractivity (Wildman–Crippen MR) is 50.7 cm³/mol. The average molecular weight is 217 g/mol.